The summed E-state index contributed by atoms with van der Waals surface area (Å²) in [6, 6.07) is 14.0. The fourth-order valence-electron chi connectivity index (χ4n) is 2.81. The summed E-state index contributed by atoms with van der Waals surface area (Å²) < 4.78 is 5.64. The Morgan fingerprint density at radius 2 is 2.09 bits per heavy atom. The molecular formula is C18H20ClNO2. The van der Waals surface area contributed by atoms with Crippen LogP contribution in [0.4, 0.5) is 5.69 Å². The van der Waals surface area contributed by atoms with E-state index in [1.54, 1.807) is 0 Å². The Kier molecular flexibility index (Phi) is 4.55. The fraction of sp³-hybridized carbons (Fsp3) is 0.333. The minimum atomic E-state index is -0.552. The van der Waals surface area contributed by atoms with Gasteiger partial charge in [0.05, 0.1) is 5.02 Å². The van der Waals surface area contributed by atoms with E-state index in [1.165, 1.54) is 11.3 Å². The molecule has 0 amide bonds. The quantitative estimate of drug-likeness (QED) is 0.917. The summed E-state index contributed by atoms with van der Waals surface area (Å²) in [5.41, 5.74) is 3.65. The van der Waals surface area contributed by atoms with Gasteiger partial charge >= 0.3 is 0 Å². The van der Waals surface area contributed by atoms with E-state index in [2.05, 4.69) is 23.1 Å². The van der Waals surface area contributed by atoms with Crippen molar-refractivity contribution >= 4 is 17.3 Å². The second kappa shape index (κ2) is 6.59. The van der Waals surface area contributed by atoms with E-state index in [-0.39, 0.29) is 6.61 Å². The van der Waals surface area contributed by atoms with Crippen molar-refractivity contribution in [2.75, 3.05) is 24.6 Å². The number of aryl methyl sites for hydroxylation is 1. The van der Waals surface area contributed by atoms with Crippen molar-refractivity contribution in [3.8, 4) is 5.75 Å². The lowest BCUT2D eigenvalue weighted by Crippen LogP contribution is -2.34. The van der Waals surface area contributed by atoms with Gasteiger partial charge in [0.1, 0.15) is 18.5 Å². The molecule has 1 aliphatic rings. The summed E-state index contributed by atoms with van der Waals surface area (Å²) in [7, 11) is 0. The van der Waals surface area contributed by atoms with Crippen LogP contribution in [-0.4, -0.2) is 30.9 Å². The van der Waals surface area contributed by atoms with Crippen molar-refractivity contribution in [3.05, 3.63) is 58.6 Å². The van der Waals surface area contributed by atoms with Gasteiger partial charge in [-0.15, -0.1) is 0 Å². The Hall–Kier alpha value is -1.71. The van der Waals surface area contributed by atoms with E-state index < -0.39 is 6.10 Å². The van der Waals surface area contributed by atoms with E-state index in [0.29, 0.717) is 17.3 Å². The Morgan fingerprint density at radius 1 is 1.27 bits per heavy atom. The van der Waals surface area contributed by atoms with Gasteiger partial charge in [0.15, 0.2) is 0 Å². The number of para-hydroxylation sites is 1. The maximum absolute atomic E-state index is 10.2. The maximum Gasteiger partial charge on any atom is 0.138 e. The van der Waals surface area contributed by atoms with Crippen LogP contribution in [0.2, 0.25) is 5.02 Å². The van der Waals surface area contributed by atoms with Crippen LogP contribution < -0.4 is 9.64 Å². The SMILES string of the molecule is Cc1ccc(OCC(O)CN2CCc3ccccc32)c(Cl)c1. The monoisotopic (exact) mass is 317 g/mol. The molecule has 4 heteroatoms. The van der Waals surface area contributed by atoms with Gasteiger partial charge in [-0.05, 0) is 42.7 Å². The number of aliphatic hydroxyl groups excluding tert-OH is 1. The summed E-state index contributed by atoms with van der Waals surface area (Å²) in [6.07, 6.45) is 0.483. The number of anilines is 1. The third kappa shape index (κ3) is 3.37. The first-order chi connectivity index (χ1) is 10.6. The van der Waals surface area contributed by atoms with Crippen LogP contribution in [0.3, 0.4) is 0 Å². The molecule has 1 heterocycles. The molecule has 3 rings (SSSR count). The Morgan fingerprint density at radius 3 is 2.91 bits per heavy atom. The third-order valence-electron chi connectivity index (χ3n) is 3.93. The number of benzene rings is 2. The molecule has 1 aliphatic heterocycles. The van der Waals surface area contributed by atoms with Crippen LogP contribution in [0.5, 0.6) is 5.75 Å². The highest BCUT2D eigenvalue weighted by molar-refractivity contribution is 6.32. The van der Waals surface area contributed by atoms with E-state index in [0.717, 1.165) is 18.5 Å². The van der Waals surface area contributed by atoms with E-state index in [1.807, 2.05) is 31.2 Å². The van der Waals surface area contributed by atoms with Crippen molar-refractivity contribution in [2.45, 2.75) is 19.4 Å². The molecule has 3 nitrogen and oxygen atoms in total. The molecule has 1 atom stereocenters. The van der Waals surface area contributed by atoms with Crippen LogP contribution in [-0.2, 0) is 6.42 Å². The van der Waals surface area contributed by atoms with Crippen LogP contribution in [0.25, 0.3) is 0 Å². The van der Waals surface area contributed by atoms with Gasteiger partial charge in [0.25, 0.3) is 0 Å². The molecule has 0 radical (unpaired) electrons. The van der Waals surface area contributed by atoms with Crippen LogP contribution in [0.15, 0.2) is 42.5 Å². The smallest absolute Gasteiger partial charge is 0.138 e. The lowest BCUT2D eigenvalue weighted by molar-refractivity contribution is 0.112. The molecule has 1 N–H and O–H groups in total. The number of aliphatic hydroxyl groups is 1. The molecule has 0 bridgehead atoms. The molecule has 116 valence electrons. The zero-order valence-corrected chi connectivity index (χ0v) is 13.4. The molecule has 22 heavy (non-hydrogen) atoms. The molecule has 1 unspecified atom stereocenters. The van der Waals surface area contributed by atoms with Gasteiger partial charge in [0.2, 0.25) is 0 Å². The van der Waals surface area contributed by atoms with Crippen molar-refractivity contribution < 1.29 is 9.84 Å². The predicted octanol–water partition coefficient (Wildman–Crippen LogP) is 3.45. The highest BCUT2D eigenvalue weighted by atomic mass is 35.5. The van der Waals surface area contributed by atoms with E-state index >= 15 is 0 Å². The zero-order valence-electron chi connectivity index (χ0n) is 12.6. The van der Waals surface area contributed by atoms with Gasteiger partial charge in [-0.2, -0.15) is 0 Å². The Bertz CT molecular complexity index is 659. The number of β-amino-alcohol motifs (C(OH)–C–C–N with tert-alkyl or cyclic N) is 1. The van der Waals surface area contributed by atoms with Crippen molar-refractivity contribution in [1.82, 2.24) is 0 Å². The number of fused-ring (bicyclic) bond motifs is 1. The highest BCUT2D eigenvalue weighted by Gasteiger charge is 2.21. The zero-order chi connectivity index (χ0) is 15.5. The van der Waals surface area contributed by atoms with Crippen LogP contribution >= 0.6 is 11.6 Å². The van der Waals surface area contributed by atoms with Crippen molar-refractivity contribution in [1.29, 1.82) is 0 Å². The van der Waals surface area contributed by atoms with Crippen LogP contribution in [0.1, 0.15) is 11.1 Å². The lowest BCUT2D eigenvalue weighted by Gasteiger charge is -2.23. The predicted molar refractivity (Wildman–Crippen MR) is 90.0 cm³/mol. The average Bonchev–Trinajstić information content (AvgIpc) is 2.90. The number of hydrogen-bond donors (Lipinski definition) is 1. The molecule has 0 saturated carbocycles. The third-order valence-corrected chi connectivity index (χ3v) is 4.23. The summed E-state index contributed by atoms with van der Waals surface area (Å²) in [4.78, 5) is 2.21. The minimum Gasteiger partial charge on any atom is -0.489 e. The minimum absolute atomic E-state index is 0.238. The average molecular weight is 318 g/mol. The summed E-state index contributed by atoms with van der Waals surface area (Å²) in [5.74, 6) is 0.619. The summed E-state index contributed by atoms with van der Waals surface area (Å²) in [6.45, 7) is 3.74. The Labute approximate surface area is 136 Å². The first kappa shape index (κ1) is 15.2. The first-order valence-electron chi connectivity index (χ1n) is 7.53. The normalized spacial score (nSPS) is 14.8. The maximum atomic E-state index is 10.2. The fourth-order valence-corrected chi connectivity index (χ4v) is 3.10. The largest absolute Gasteiger partial charge is 0.489 e. The molecule has 0 saturated heterocycles. The van der Waals surface area contributed by atoms with Crippen molar-refractivity contribution in [3.63, 3.8) is 0 Å². The molecule has 0 aliphatic carbocycles. The van der Waals surface area contributed by atoms with E-state index in [9.17, 15) is 5.11 Å². The first-order valence-corrected chi connectivity index (χ1v) is 7.91. The lowest BCUT2D eigenvalue weighted by atomic mass is 10.2. The Balaban J connectivity index is 1.56. The molecule has 0 spiro atoms. The number of halogens is 1. The summed E-state index contributed by atoms with van der Waals surface area (Å²) in [5, 5.41) is 10.8. The van der Waals surface area contributed by atoms with Crippen molar-refractivity contribution in [2.24, 2.45) is 0 Å². The number of ether oxygens (including phenoxy) is 1. The standard InChI is InChI=1S/C18H20ClNO2/c1-13-6-7-18(16(19)10-13)22-12-15(21)11-20-9-8-14-4-2-3-5-17(14)20/h2-7,10,15,21H,8-9,11-12H2,1H3. The molecule has 0 fully saturated rings. The topological polar surface area (TPSA) is 32.7 Å². The number of hydrogen-bond acceptors (Lipinski definition) is 3. The second-order valence-electron chi connectivity index (χ2n) is 5.72. The van der Waals surface area contributed by atoms with Crippen LogP contribution in [0, 0.1) is 6.92 Å². The number of rotatable bonds is 5. The van der Waals surface area contributed by atoms with E-state index in [4.69, 9.17) is 16.3 Å². The number of nitrogens with zero attached hydrogens (tertiary/aromatic N) is 1. The summed E-state index contributed by atoms with van der Waals surface area (Å²) >= 11 is 6.13. The molecular weight excluding hydrogens is 298 g/mol. The highest BCUT2D eigenvalue weighted by Crippen LogP contribution is 2.28. The van der Waals surface area contributed by atoms with Gasteiger partial charge < -0.3 is 14.7 Å². The van der Waals surface area contributed by atoms with Gasteiger partial charge in [-0.1, -0.05) is 35.9 Å². The second-order valence-corrected chi connectivity index (χ2v) is 6.13. The molecule has 2 aromatic carbocycles. The van der Waals surface area contributed by atoms with Gasteiger partial charge in [0, 0.05) is 18.8 Å². The molecule has 2 aromatic rings. The van der Waals surface area contributed by atoms with Gasteiger partial charge in [-0.3, -0.25) is 0 Å². The molecule has 0 aromatic heterocycles. The van der Waals surface area contributed by atoms with Gasteiger partial charge in [-0.25, -0.2) is 0 Å².